The minimum absolute atomic E-state index is 0.0564. The number of nitrogens with zero attached hydrogens (tertiary/aromatic N) is 2. The first-order chi connectivity index (χ1) is 15.9. The molecule has 1 aromatic heterocycles. The molecule has 178 valence electrons. The summed E-state index contributed by atoms with van der Waals surface area (Å²) < 4.78 is 41.4. The van der Waals surface area contributed by atoms with Crippen LogP contribution in [0.2, 0.25) is 5.02 Å². The van der Waals surface area contributed by atoms with Crippen LogP contribution in [0.25, 0.3) is 11.1 Å². The first kappa shape index (κ1) is 24.3. The normalized spacial score (nSPS) is 17.9. The number of nitrogens with two attached hydrogens (primary N) is 1. The summed E-state index contributed by atoms with van der Waals surface area (Å²) in [5, 5.41) is 0.530. The SMILES string of the molecule is CC(C)(C)c1cc(-c2cc3c(cc2F)S(=O)(=O)C[C@H](N)C(=O)N3Cc2ccc(Cl)cc2)ccn1. The molecule has 1 atom stereocenters. The van der Waals surface area contributed by atoms with E-state index < -0.39 is 33.4 Å². The van der Waals surface area contributed by atoms with Crippen LogP contribution in [-0.2, 0) is 26.6 Å². The zero-order valence-electron chi connectivity index (χ0n) is 19.0. The Balaban J connectivity index is 1.92. The molecule has 2 heterocycles. The Morgan fingerprint density at radius 2 is 1.82 bits per heavy atom. The van der Waals surface area contributed by atoms with Crippen molar-refractivity contribution in [2.24, 2.45) is 5.73 Å². The van der Waals surface area contributed by atoms with Crippen LogP contribution in [0.15, 0.2) is 59.6 Å². The number of halogens is 2. The second-order valence-electron chi connectivity index (χ2n) is 9.42. The molecular formula is C25H25ClFN3O3S. The Kier molecular flexibility index (Phi) is 6.27. The van der Waals surface area contributed by atoms with Crippen LogP contribution in [0.5, 0.6) is 0 Å². The molecule has 0 fully saturated rings. The molecule has 2 N–H and O–H groups in total. The van der Waals surface area contributed by atoms with Crippen molar-refractivity contribution in [2.75, 3.05) is 10.7 Å². The second kappa shape index (κ2) is 8.76. The van der Waals surface area contributed by atoms with Gasteiger partial charge in [0.25, 0.3) is 0 Å². The van der Waals surface area contributed by atoms with E-state index in [0.717, 1.165) is 17.3 Å². The molecule has 1 aliphatic rings. The van der Waals surface area contributed by atoms with Gasteiger partial charge in [-0.05, 0) is 47.5 Å². The predicted octanol–water partition coefficient (Wildman–Crippen LogP) is 4.49. The van der Waals surface area contributed by atoms with Crippen molar-refractivity contribution < 1.29 is 17.6 Å². The molecule has 0 spiro atoms. The van der Waals surface area contributed by atoms with E-state index >= 15 is 4.39 Å². The molecule has 2 aromatic carbocycles. The Morgan fingerprint density at radius 3 is 2.47 bits per heavy atom. The average molecular weight is 502 g/mol. The number of pyridine rings is 1. The molecule has 4 rings (SSSR count). The molecule has 0 bridgehead atoms. The van der Waals surface area contributed by atoms with Crippen molar-refractivity contribution in [2.45, 2.75) is 43.7 Å². The molecule has 6 nitrogen and oxygen atoms in total. The van der Waals surface area contributed by atoms with E-state index in [-0.39, 0.29) is 28.1 Å². The van der Waals surface area contributed by atoms with Crippen LogP contribution < -0.4 is 10.6 Å². The average Bonchev–Trinajstić information content (AvgIpc) is 2.83. The topological polar surface area (TPSA) is 93.4 Å². The Bertz CT molecular complexity index is 1370. The molecule has 0 radical (unpaired) electrons. The molecule has 1 amide bonds. The fraction of sp³-hybridized carbons (Fsp3) is 0.280. The van der Waals surface area contributed by atoms with Gasteiger partial charge in [-0.25, -0.2) is 12.8 Å². The van der Waals surface area contributed by atoms with Crippen LogP contribution in [0.4, 0.5) is 10.1 Å². The van der Waals surface area contributed by atoms with Gasteiger partial charge in [-0.15, -0.1) is 0 Å². The van der Waals surface area contributed by atoms with E-state index in [4.69, 9.17) is 17.3 Å². The van der Waals surface area contributed by atoms with Crippen molar-refractivity contribution in [3.8, 4) is 11.1 Å². The highest BCUT2D eigenvalue weighted by molar-refractivity contribution is 7.91. The smallest absolute Gasteiger partial charge is 0.245 e. The first-order valence-electron chi connectivity index (χ1n) is 10.7. The highest BCUT2D eigenvalue weighted by Gasteiger charge is 2.37. The zero-order valence-corrected chi connectivity index (χ0v) is 20.6. The van der Waals surface area contributed by atoms with E-state index in [1.165, 1.54) is 11.0 Å². The fourth-order valence-electron chi connectivity index (χ4n) is 3.88. The molecule has 3 aromatic rings. The number of aromatic nitrogens is 1. The molecule has 0 saturated carbocycles. The minimum Gasteiger partial charge on any atom is -0.319 e. The largest absolute Gasteiger partial charge is 0.319 e. The predicted molar refractivity (Wildman–Crippen MR) is 131 cm³/mol. The van der Waals surface area contributed by atoms with Crippen LogP contribution >= 0.6 is 11.6 Å². The number of hydrogen-bond acceptors (Lipinski definition) is 5. The molecular weight excluding hydrogens is 477 g/mol. The maximum Gasteiger partial charge on any atom is 0.245 e. The molecule has 0 aliphatic carbocycles. The van der Waals surface area contributed by atoms with Crippen LogP contribution in [0.3, 0.4) is 0 Å². The molecule has 0 saturated heterocycles. The van der Waals surface area contributed by atoms with Gasteiger partial charge in [-0.1, -0.05) is 44.5 Å². The number of fused-ring (bicyclic) bond motifs is 1. The number of carbonyl (C=O) groups is 1. The van der Waals surface area contributed by atoms with E-state index in [2.05, 4.69) is 4.98 Å². The number of sulfone groups is 1. The number of hydrogen-bond donors (Lipinski definition) is 1. The number of carbonyl (C=O) groups excluding carboxylic acids is 1. The zero-order chi connectivity index (χ0) is 24.8. The van der Waals surface area contributed by atoms with Crippen molar-refractivity contribution in [3.05, 3.63) is 76.8 Å². The van der Waals surface area contributed by atoms with Crippen molar-refractivity contribution >= 4 is 33.0 Å². The quantitative estimate of drug-likeness (QED) is 0.571. The summed E-state index contributed by atoms with van der Waals surface area (Å²) in [5.74, 6) is -1.86. The number of benzene rings is 2. The summed E-state index contributed by atoms with van der Waals surface area (Å²) >= 11 is 5.97. The van der Waals surface area contributed by atoms with Crippen molar-refractivity contribution in [1.29, 1.82) is 0 Å². The Labute approximate surface area is 203 Å². The van der Waals surface area contributed by atoms with Gasteiger partial charge in [0.05, 0.1) is 28.9 Å². The Hall–Kier alpha value is -2.81. The third-order valence-electron chi connectivity index (χ3n) is 5.75. The van der Waals surface area contributed by atoms with E-state index in [1.54, 1.807) is 42.6 Å². The summed E-state index contributed by atoms with van der Waals surface area (Å²) in [6, 6.07) is 11.4. The summed E-state index contributed by atoms with van der Waals surface area (Å²) in [6.07, 6.45) is 1.59. The summed E-state index contributed by atoms with van der Waals surface area (Å²) in [4.78, 5) is 18.6. The number of amides is 1. The van der Waals surface area contributed by atoms with E-state index in [1.807, 2.05) is 20.8 Å². The third kappa shape index (κ3) is 4.71. The lowest BCUT2D eigenvalue weighted by Crippen LogP contribution is -2.45. The van der Waals surface area contributed by atoms with Crippen LogP contribution in [0.1, 0.15) is 32.0 Å². The van der Waals surface area contributed by atoms with Crippen LogP contribution in [0, 0.1) is 5.82 Å². The minimum atomic E-state index is -4.01. The lowest BCUT2D eigenvalue weighted by Gasteiger charge is -2.25. The second-order valence-corrected chi connectivity index (χ2v) is 11.9. The van der Waals surface area contributed by atoms with Crippen molar-refractivity contribution in [3.63, 3.8) is 0 Å². The Morgan fingerprint density at radius 1 is 1.15 bits per heavy atom. The summed E-state index contributed by atoms with van der Waals surface area (Å²) in [5.41, 5.74) is 7.97. The number of rotatable bonds is 3. The molecule has 1 aliphatic heterocycles. The summed E-state index contributed by atoms with van der Waals surface area (Å²) in [6.45, 7) is 6.04. The highest BCUT2D eigenvalue weighted by atomic mass is 35.5. The lowest BCUT2D eigenvalue weighted by atomic mass is 9.90. The highest BCUT2D eigenvalue weighted by Crippen LogP contribution is 2.38. The third-order valence-corrected chi connectivity index (χ3v) is 7.80. The van der Waals surface area contributed by atoms with Gasteiger partial charge in [0, 0.05) is 27.9 Å². The maximum atomic E-state index is 15.3. The van der Waals surface area contributed by atoms with Gasteiger partial charge in [0.15, 0.2) is 9.84 Å². The number of anilines is 1. The monoisotopic (exact) mass is 501 g/mol. The van der Waals surface area contributed by atoms with Crippen molar-refractivity contribution in [1.82, 2.24) is 4.98 Å². The van der Waals surface area contributed by atoms with Gasteiger partial charge in [-0.3, -0.25) is 9.78 Å². The molecule has 9 heteroatoms. The van der Waals surface area contributed by atoms with Crippen LogP contribution in [-0.4, -0.2) is 31.1 Å². The summed E-state index contributed by atoms with van der Waals surface area (Å²) in [7, 11) is -4.01. The lowest BCUT2D eigenvalue weighted by molar-refractivity contribution is -0.119. The van der Waals surface area contributed by atoms with Gasteiger partial charge in [-0.2, -0.15) is 0 Å². The maximum absolute atomic E-state index is 15.3. The van der Waals surface area contributed by atoms with Gasteiger partial charge < -0.3 is 10.6 Å². The molecule has 0 unspecified atom stereocenters. The fourth-order valence-corrected chi connectivity index (χ4v) is 5.58. The van der Waals surface area contributed by atoms with E-state index in [0.29, 0.717) is 10.6 Å². The van der Waals surface area contributed by atoms with Gasteiger partial charge in [0.1, 0.15) is 5.82 Å². The van der Waals surface area contributed by atoms with Gasteiger partial charge >= 0.3 is 0 Å². The standard InChI is InChI=1S/C25H25ClFN3O3S/c1-25(2,3)23-10-16(8-9-29-23)18-11-21-22(12-19(18)27)34(32,33)14-20(28)24(31)30(21)13-15-4-6-17(26)7-5-15/h4-12,20H,13-14,28H2,1-3H3/t20-/m0/s1. The van der Waals surface area contributed by atoms with E-state index in [9.17, 15) is 13.2 Å². The van der Waals surface area contributed by atoms with Gasteiger partial charge in [0.2, 0.25) is 5.91 Å². The molecule has 34 heavy (non-hydrogen) atoms. The first-order valence-corrected chi connectivity index (χ1v) is 12.7.